The minimum Gasteiger partial charge on any atom is -0.326 e. The molecule has 1 amide bonds. The van der Waals surface area contributed by atoms with Crippen LogP contribution in [0.4, 0.5) is 5.69 Å². The summed E-state index contributed by atoms with van der Waals surface area (Å²) in [5, 5.41) is 4.38. The molecule has 0 radical (unpaired) electrons. The highest BCUT2D eigenvalue weighted by molar-refractivity contribution is 7.89. The van der Waals surface area contributed by atoms with Crippen molar-refractivity contribution in [1.29, 1.82) is 0 Å². The molecular formula is C23H25N3O5S2. The molecule has 0 unspecified atom stereocenters. The van der Waals surface area contributed by atoms with E-state index in [0.717, 1.165) is 23.6 Å². The van der Waals surface area contributed by atoms with Gasteiger partial charge in [-0.2, -0.15) is 4.31 Å². The van der Waals surface area contributed by atoms with Crippen LogP contribution in [0.15, 0.2) is 76.5 Å². The molecule has 10 heteroatoms. The van der Waals surface area contributed by atoms with E-state index in [0.29, 0.717) is 18.8 Å². The predicted octanol–water partition coefficient (Wildman–Crippen LogP) is 2.93. The maximum absolute atomic E-state index is 12.7. The Morgan fingerprint density at radius 1 is 0.818 bits per heavy atom. The average Bonchev–Trinajstić information content (AvgIpc) is 3.35. The molecule has 1 heterocycles. The molecule has 33 heavy (non-hydrogen) atoms. The molecular weight excluding hydrogens is 462 g/mol. The summed E-state index contributed by atoms with van der Waals surface area (Å²) in [7, 11) is -7.36. The molecule has 174 valence electrons. The number of carbonyl (C=O) groups excluding carboxylic acids is 1. The van der Waals surface area contributed by atoms with Gasteiger partial charge in [-0.15, -0.1) is 0 Å². The highest BCUT2D eigenvalue weighted by atomic mass is 32.2. The van der Waals surface area contributed by atoms with Gasteiger partial charge >= 0.3 is 0 Å². The first-order valence-electron chi connectivity index (χ1n) is 10.6. The summed E-state index contributed by atoms with van der Waals surface area (Å²) < 4.78 is 54.5. The molecule has 0 saturated carbocycles. The summed E-state index contributed by atoms with van der Waals surface area (Å²) in [6.45, 7) is 0.902. The van der Waals surface area contributed by atoms with Crippen LogP contribution < -0.4 is 10.0 Å². The van der Waals surface area contributed by atoms with Crippen LogP contribution in [0.1, 0.15) is 19.3 Å². The van der Waals surface area contributed by atoms with E-state index < -0.39 is 26.0 Å². The number of amides is 1. The van der Waals surface area contributed by atoms with Gasteiger partial charge in [0.25, 0.3) is 0 Å². The van der Waals surface area contributed by atoms with Crippen LogP contribution in [-0.4, -0.2) is 46.7 Å². The Kier molecular flexibility index (Phi) is 6.80. The average molecular weight is 488 g/mol. The standard InChI is InChI=1S/C23H25N3O5S2/c27-23(25-20-8-5-9-22(17-20)33(30,31)26-14-3-4-15-26)12-13-24-32(28,29)21-11-10-18-6-1-2-7-19(18)16-21/h1-2,5-11,16-17,24H,3-4,12-15H2,(H,25,27). The molecule has 2 N–H and O–H groups in total. The van der Waals surface area contributed by atoms with E-state index in [1.807, 2.05) is 24.3 Å². The zero-order valence-electron chi connectivity index (χ0n) is 17.9. The second-order valence-corrected chi connectivity index (χ2v) is 11.5. The summed E-state index contributed by atoms with van der Waals surface area (Å²) >= 11 is 0. The third kappa shape index (κ3) is 5.41. The first-order chi connectivity index (χ1) is 15.8. The summed E-state index contributed by atoms with van der Waals surface area (Å²) in [6, 6.07) is 18.4. The Labute approximate surface area is 193 Å². The van der Waals surface area contributed by atoms with E-state index >= 15 is 0 Å². The zero-order chi connectivity index (χ0) is 23.5. The predicted molar refractivity (Wildman–Crippen MR) is 127 cm³/mol. The van der Waals surface area contributed by atoms with Crippen molar-refractivity contribution in [3.05, 3.63) is 66.7 Å². The van der Waals surface area contributed by atoms with Crippen molar-refractivity contribution in [2.45, 2.75) is 29.1 Å². The summed E-state index contributed by atoms with van der Waals surface area (Å²) in [5.74, 6) is -0.424. The van der Waals surface area contributed by atoms with E-state index in [9.17, 15) is 21.6 Å². The van der Waals surface area contributed by atoms with E-state index in [1.165, 1.54) is 22.5 Å². The number of benzene rings is 3. The third-order valence-corrected chi connectivity index (χ3v) is 8.85. The number of nitrogens with zero attached hydrogens (tertiary/aromatic N) is 1. The Hall–Kier alpha value is -2.79. The van der Waals surface area contributed by atoms with Gasteiger partial charge in [0.1, 0.15) is 0 Å². The smallest absolute Gasteiger partial charge is 0.243 e. The number of carbonyl (C=O) groups is 1. The lowest BCUT2D eigenvalue weighted by molar-refractivity contribution is -0.116. The Morgan fingerprint density at radius 3 is 2.30 bits per heavy atom. The van der Waals surface area contributed by atoms with Crippen molar-refractivity contribution < 1.29 is 21.6 Å². The minimum absolute atomic E-state index is 0.0905. The van der Waals surface area contributed by atoms with Gasteiger partial charge in [-0.25, -0.2) is 21.6 Å². The van der Waals surface area contributed by atoms with Crippen LogP contribution in [-0.2, 0) is 24.8 Å². The fraction of sp³-hybridized carbons (Fsp3) is 0.261. The van der Waals surface area contributed by atoms with Crippen molar-refractivity contribution in [3.8, 4) is 0 Å². The molecule has 1 fully saturated rings. The van der Waals surface area contributed by atoms with Crippen molar-refractivity contribution in [1.82, 2.24) is 9.03 Å². The highest BCUT2D eigenvalue weighted by Gasteiger charge is 2.27. The molecule has 4 rings (SSSR count). The number of sulfonamides is 2. The van der Waals surface area contributed by atoms with Gasteiger partial charge in [-0.1, -0.05) is 36.4 Å². The van der Waals surface area contributed by atoms with Crippen LogP contribution in [0.3, 0.4) is 0 Å². The third-order valence-electron chi connectivity index (χ3n) is 5.50. The van der Waals surface area contributed by atoms with Gasteiger partial charge in [0.15, 0.2) is 0 Å². The SMILES string of the molecule is O=C(CCNS(=O)(=O)c1ccc2ccccc2c1)Nc1cccc(S(=O)(=O)N2CCCC2)c1. The van der Waals surface area contributed by atoms with Gasteiger partial charge < -0.3 is 5.32 Å². The van der Waals surface area contributed by atoms with Crippen LogP contribution >= 0.6 is 0 Å². The van der Waals surface area contributed by atoms with Crippen LogP contribution in [0.2, 0.25) is 0 Å². The van der Waals surface area contributed by atoms with E-state index in [2.05, 4.69) is 10.0 Å². The molecule has 3 aromatic rings. The first kappa shape index (κ1) is 23.4. The quantitative estimate of drug-likeness (QED) is 0.507. The second-order valence-electron chi connectivity index (χ2n) is 7.84. The van der Waals surface area contributed by atoms with E-state index in [1.54, 1.807) is 24.3 Å². The fourth-order valence-corrected chi connectivity index (χ4v) is 6.38. The lowest BCUT2D eigenvalue weighted by Gasteiger charge is -2.16. The van der Waals surface area contributed by atoms with Gasteiger partial charge in [-0.05, 0) is 53.9 Å². The molecule has 1 aliphatic heterocycles. The molecule has 1 aliphatic rings. The Balaban J connectivity index is 1.35. The minimum atomic E-state index is -3.77. The first-order valence-corrected chi connectivity index (χ1v) is 13.6. The topological polar surface area (TPSA) is 113 Å². The molecule has 0 spiro atoms. The molecule has 8 nitrogen and oxygen atoms in total. The van der Waals surface area contributed by atoms with Crippen molar-refractivity contribution in [3.63, 3.8) is 0 Å². The number of rotatable bonds is 8. The summed E-state index contributed by atoms with van der Waals surface area (Å²) in [5.41, 5.74) is 0.345. The maximum Gasteiger partial charge on any atom is 0.243 e. The fourth-order valence-electron chi connectivity index (χ4n) is 3.75. The molecule has 0 aromatic heterocycles. The number of fused-ring (bicyclic) bond motifs is 1. The molecule has 1 saturated heterocycles. The largest absolute Gasteiger partial charge is 0.326 e. The Morgan fingerprint density at radius 2 is 1.55 bits per heavy atom. The van der Waals surface area contributed by atoms with Crippen LogP contribution in [0, 0.1) is 0 Å². The molecule has 0 aliphatic carbocycles. The lowest BCUT2D eigenvalue weighted by Crippen LogP contribution is -2.28. The summed E-state index contributed by atoms with van der Waals surface area (Å²) in [4.78, 5) is 12.6. The number of nitrogens with one attached hydrogen (secondary N) is 2. The zero-order valence-corrected chi connectivity index (χ0v) is 19.5. The molecule has 0 atom stereocenters. The summed E-state index contributed by atoms with van der Waals surface area (Å²) in [6.07, 6.45) is 1.57. The Bertz CT molecular complexity index is 1380. The number of hydrogen-bond acceptors (Lipinski definition) is 5. The van der Waals surface area contributed by atoms with Gasteiger partial charge in [-0.3, -0.25) is 4.79 Å². The van der Waals surface area contributed by atoms with E-state index in [4.69, 9.17) is 0 Å². The van der Waals surface area contributed by atoms with Gasteiger partial charge in [0, 0.05) is 31.7 Å². The number of anilines is 1. The van der Waals surface area contributed by atoms with Crippen LogP contribution in [0.5, 0.6) is 0 Å². The monoisotopic (exact) mass is 487 g/mol. The van der Waals surface area contributed by atoms with Gasteiger partial charge in [0.2, 0.25) is 26.0 Å². The van der Waals surface area contributed by atoms with Crippen molar-refractivity contribution in [2.75, 3.05) is 25.0 Å². The molecule has 3 aromatic carbocycles. The van der Waals surface area contributed by atoms with E-state index in [-0.39, 0.29) is 22.8 Å². The molecule has 0 bridgehead atoms. The normalized spacial score (nSPS) is 15.0. The van der Waals surface area contributed by atoms with Crippen LogP contribution in [0.25, 0.3) is 10.8 Å². The highest BCUT2D eigenvalue weighted by Crippen LogP contribution is 2.23. The lowest BCUT2D eigenvalue weighted by atomic mass is 10.1. The second kappa shape index (κ2) is 9.60. The van der Waals surface area contributed by atoms with Crippen molar-refractivity contribution in [2.24, 2.45) is 0 Å². The maximum atomic E-state index is 12.7. The number of hydrogen-bond donors (Lipinski definition) is 2. The van der Waals surface area contributed by atoms with Crippen molar-refractivity contribution >= 4 is 42.4 Å². The van der Waals surface area contributed by atoms with Gasteiger partial charge in [0.05, 0.1) is 9.79 Å².